The van der Waals surface area contributed by atoms with Crippen molar-refractivity contribution in [2.45, 2.75) is 17.5 Å². The first-order chi connectivity index (χ1) is 5.80. The minimum absolute atomic E-state index is 0.442. The van der Waals surface area contributed by atoms with Crippen LogP contribution in [0.5, 0.6) is 0 Å². The summed E-state index contributed by atoms with van der Waals surface area (Å²) >= 11 is 3.10. The molecule has 0 unspecified atom stereocenters. The summed E-state index contributed by atoms with van der Waals surface area (Å²) in [5.41, 5.74) is 0. The van der Waals surface area contributed by atoms with E-state index in [0.29, 0.717) is 0 Å². The summed E-state index contributed by atoms with van der Waals surface area (Å²) in [5.74, 6) is -0.442. The van der Waals surface area contributed by atoms with Gasteiger partial charge in [-0.2, -0.15) is 0 Å². The number of urea groups is 1. The quantitative estimate of drug-likeness (QED) is 0.615. The molecule has 0 aromatic carbocycles. The van der Waals surface area contributed by atoms with Gasteiger partial charge in [0, 0.05) is 14.1 Å². The van der Waals surface area contributed by atoms with Gasteiger partial charge >= 0.3 is 6.03 Å². The lowest BCUT2D eigenvalue weighted by molar-refractivity contribution is -0.140. The van der Waals surface area contributed by atoms with E-state index in [1.54, 1.807) is 0 Å². The van der Waals surface area contributed by atoms with Crippen LogP contribution in [-0.2, 0) is 4.79 Å². The fraction of sp³-hybridized carbons (Fsp3) is 0.714. The van der Waals surface area contributed by atoms with Gasteiger partial charge in [0.15, 0.2) is 6.23 Å². The molecule has 1 aliphatic rings. The molecule has 2 atom stereocenters. The second kappa shape index (κ2) is 2.95. The first kappa shape index (κ1) is 10.5. The molecule has 0 aromatic heterocycles. The molecule has 0 bridgehead atoms. The van der Waals surface area contributed by atoms with Gasteiger partial charge in [-0.25, -0.2) is 4.79 Å². The Bertz CT molecular complexity index is 266. The molecule has 1 rings (SSSR count). The summed E-state index contributed by atoms with van der Waals surface area (Å²) in [4.78, 5) is 24.8. The van der Waals surface area contributed by atoms with E-state index in [1.165, 1.54) is 21.0 Å². The summed E-state index contributed by atoms with van der Waals surface area (Å²) < 4.78 is -1.12. The zero-order chi connectivity index (χ0) is 10.4. The Morgan fingerprint density at radius 3 is 2.38 bits per heavy atom. The number of imide groups is 1. The predicted octanol–water partition coefficient (Wildman–Crippen LogP) is -0.0178. The van der Waals surface area contributed by atoms with Crippen LogP contribution in [0.4, 0.5) is 4.79 Å². The monoisotopic (exact) mass is 250 g/mol. The maximum atomic E-state index is 11.5. The van der Waals surface area contributed by atoms with Crippen molar-refractivity contribution in [2.24, 2.45) is 0 Å². The summed E-state index contributed by atoms with van der Waals surface area (Å²) in [6.45, 7) is 1.53. The number of aliphatic hydroxyl groups excluding tert-OH is 1. The van der Waals surface area contributed by atoms with Crippen molar-refractivity contribution in [2.75, 3.05) is 14.1 Å². The number of halogens is 1. The molecule has 0 aliphatic carbocycles. The third-order valence-electron chi connectivity index (χ3n) is 2.16. The molecule has 0 radical (unpaired) electrons. The van der Waals surface area contributed by atoms with Crippen LogP contribution in [-0.4, -0.2) is 51.5 Å². The highest BCUT2D eigenvalue weighted by Gasteiger charge is 2.50. The van der Waals surface area contributed by atoms with Gasteiger partial charge in [0.1, 0.15) is 4.32 Å². The Labute approximate surface area is 84.4 Å². The zero-order valence-corrected chi connectivity index (χ0v) is 9.20. The van der Waals surface area contributed by atoms with E-state index >= 15 is 0 Å². The summed E-state index contributed by atoms with van der Waals surface area (Å²) in [7, 11) is 2.82. The molecule has 0 spiro atoms. The number of rotatable bonds is 0. The maximum Gasteiger partial charge on any atom is 0.328 e. The molecular formula is C7H11BrN2O3. The molecule has 6 heteroatoms. The van der Waals surface area contributed by atoms with Crippen molar-refractivity contribution in [3.05, 3.63) is 0 Å². The lowest BCUT2D eigenvalue weighted by Crippen LogP contribution is -2.65. The number of amides is 3. The standard InChI is InChI=1S/C7H11BrN2O3/c1-7(8)4(11)9(2)6(13)10(3)5(7)12/h4,11H,1-3H3/t4-,7-/m0/s1. The first-order valence-corrected chi connectivity index (χ1v) is 4.51. The molecule has 0 saturated carbocycles. The van der Waals surface area contributed by atoms with Crippen LogP contribution in [0.3, 0.4) is 0 Å². The average molecular weight is 251 g/mol. The molecule has 1 heterocycles. The van der Waals surface area contributed by atoms with E-state index in [0.717, 1.165) is 9.80 Å². The van der Waals surface area contributed by atoms with Crippen molar-refractivity contribution in [3.8, 4) is 0 Å². The number of hydrogen-bond donors (Lipinski definition) is 1. The number of nitrogens with zero attached hydrogens (tertiary/aromatic N) is 2. The van der Waals surface area contributed by atoms with E-state index in [1.807, 2.05) is 0 Å². The van der Waals surface area contributed by atoms with Crippen molar-refractivity contribution in [1.29, 1.82) is 0 Å². The topological polar surface area (TPSA) is 60.9 Å². The lowest BCUT2D eigenvalue weighted by Gasteiger charge is -2.42. The molecule has 1 aliphatic heterocycles. The fourth-order valence-electron chi connectivity index (χ4n) is 1.23. The predicted molar refractivity (Wildman–Crippen MR) is 49.3 cm³/mol. The molecule has 3 amide bonds. The normalized spacial score (nSPS) is 35.6. The van der Waals surface area contributed by atoms with Gasteiger partial charge in [-0.05, 0) is 6.92 Å². The number of carbonyl (C=O) groups is 2. The Balaban J connectivity index is 3.07. The average Bonchev–Trinajstić information content (AvgIpc) is 2.09. The van der Waals surface area contributed by atoms with Crippen molar-refractivity contribution in [3.63, 3.8) is 0 Å². The molecule has 74 valence electrons. The SMILES string of the molecule is CN1C(=O)N(C)[C@@H](O)[C@](C)(Br)C1=O. The minimum Gasteiger partial charge on any atom is -0.371 e. The Kier molecular flexibility index (Phi) is 2.38. The van der Waals surface area contributed by atoms with Crippen LogP contribution in [0.25, 0.3) is 0 Å². The van der Waals surface area contributed by atoms with Gasteiger partial charge in [-0.3, -0.25) is 14.6 Å². The van der Waals surface area contributed by atoms with Crippen LogP contribution in [0.2, 0.25) is 0 Å². The van der Waals surface area contributed by atoms with Crippen LogP contribution >= 0.6 is 15.9 Å². The van der Waals surface area contributed by atoms with Crippen molar-refractivity contribution in [1.82, 2.24) is 9.80 Å². The van der Waals surface area contributed by atoms with E-state index in [-0.39, 0.29) is 0 Å². The molecular weight excluding hydrogens is 240 g/mol. The largest absolute Gasteiger partial charge is 0.371 e. The highest BCUT2D eigenvalue weighted by molar-refractivity contribution is 9.10. The minimum atomic E-state index is -1.14. The lowest BCUT2D eigenvalue weighted by atomic mass is 10.1. The van der Waals surface area contributed by atoms with Gasteiger partial charge in [0.25, 0.3) is 5.91 Å². The maximum absolute atomic E-state index is 11.5. The van der Waals surface area contributed by atoms with Crippen LogP contribution in [0.15, 0.2) is 0 Å². The first-order valence-electron chi connectivity index (χ1n) is 3.72. The Hall–Kier alpha value is -0.620. The van der Waals surface area contributed by atoms with Gasteiger partial charge in [0.2, 0.25) is 0 Å². The molecule has 1 saturated heterocycles. The van der Waals surface area contributed by atoms with Gasteiger partial charge < -0.3 is 5.11 Å². The van der Waals surface area contributed by atoms with Gasteiger partial charge in [-0.15, -0.1) is 0 Å². The number of alkyl halides is 1. The van der Waals surface area contributed by atoms with E-state index in [2.05, 4.69) is 15.9 Å². The van der Waals surface area contributed by atoms with Crippen molar-refractivity contribution >= 4 is 27.9 Å². The Morgan fingerprint density at radius 1 is 1.46 bits per heavy atom. The second-order valence-corrected chi connectivity index (χ2v) is 4.85. The summed E-state index contributed by atoms with van der Waals surface area (Å²) in [5, 5.41) is 9.57. The third-order valence-corrected chi connectivity index (χ3v) is 2.91. The molecule has 13 heavy (non-hydrogen) atoms. The zero-order valence-electron chi connectivity index (χ0n) is 7.61. The molecule has 1 N–H and O–H groups in total. The number of aliphatic hydroxyl groups is 1. The van der Waals surface area contributed by atoms with Crippen molar-refractivity contribution < 1.29 is 14.7 Å². The number of hydrogen-bond acceptors (Lipinski definition) is 3. The third kappa shape index (κ3) is 1.34. The van der Waals surface area contributed by atoms with E-state index < -0.39 is 22.5 Å². The summed E-state index contributed by atoms with van der Waals surface area (Å²) in [6.07, 6.45) is -1.14. The Morgan fingerprint density at radius 2 is 1.92 bits per heavy atom. The molecule has 5 nitrogen and oxygen atoms in total. The second-order valence-electron chi connectivity index (χ2n) is 3.21. The fourth-order valence-corrected chi connectivity index (χ4v) is 1.80. The molecule has 0 aromatic rings. The highest BCUT2D eigenvalue weighted by Crippen LogP contribution is 2.30. The van der Waals surface area contributed by atoms with E-state index in [9.17, 15) is 14.7 Å². The van der Waals surface area contributed by atoms with Crippen LogP contribution < -0.4 is 0 Å². The van der Waals surface area contributed by atoms with Gasteiger partial charge in [-0.1, -0.05) is 15.9 Å². The summed E-state index contributed by atoms with van der Waals surface area (Å²) in [6, 6.07) is -0.505. The van der Waals surface area contributed by atoms with E-state index in [4.69, 9.17) is 0 Å². The highest BCUT2D eigenvalue weighted by atomic mass is 79.9. The number of carbonyl (C=O) groups excluding carboxylic acids is 2. The molecule has 1 fully saturated rings. The van der Waals surface area contributed by atoms with Crippen LogP contribution in [0.1, 0.15) is 6.92 Å². The van der Waals surface area contributed by atoms with Crippen LogP contribution in [0, 0.1) is 0 Å². The van der Waals surface area contributed by atoms with Gasteiger partial charge in [0.05, 0.1) is 0 Å². The smallest absolute Gasteiger partial charge is 0.328 e.